The van der Waals surface area contributed by atoms with Gasteiger partial charge in [-0.15, -0.1) is 0 Å². The van der Waals surface area contributed by atoms with Crippen molar-refractivity contribution in [3.8, 4) is 5.75 Å². The van der Waals surface area contributed by atoms with E-state index >= 15 is 0 Å². The third kappa shape index (κ3) is 4.40. The Labute approximate surface area is 130 Å². The molecule has 1 aromatic carbocycles. The number of hydrogen-bond donors (Lipinski definition) is 2. The quantitative estimate of drug-likeness (QED) is 0.545. The summed E-state index contributed by atoms with van der Waals surface area (Å²) in [5.74, 6) is -0.888. The molecule has 0 saturated carbocycles. The summed E-state index contributed by atoms with van der Waals surface area (Å²) in [6, 6.07) is 4.50. The monoisotopic (exact) mass is 360 g/mol. The summed E-state index contributed by atoms with van der Waals surface area (Å²) >= 11 is 3.19. The van der Waals surface area contributed by atoms with Crippen molar-refractivity contribution in [1.29, 1.82) is 0 Å². The lowest BCUT2D eigenvalue weighted by Crippen LogP contribution is -2.50. The van der Waals surface area contributed by atoms with Crippen LogP contribution in [0.1, 0.15) is 20.3 Å². The highest BCUT2D eigenvalue weighted by atomic mass is 79.9. The molecular weight excluding hydrogens is 344 g/mol. The summed E-state index contributed by atoms with van der Waals surface area (Å²) < 4.78 is 5.89. The van der Waals surface area contributed by atoms with Crippen molar-refractivity contribution >= 4 is 27.6 Å². The molecule has 0 heterocycles. The van der Waals surface area contributed by atoms with Crippen LogP contribution < -0.4 is 10.1 Å². The number of carboxylic acid groups (broad SMARTS) is 1. The van der Waals surface area contributed by atoms with Crippen molar-refractivity contribution in [2.75, 3.05) is 13.2 Å². The van der Waals surface area contributed by atoms with Crippen molar-refractivity contribution in [2.24, 2.45) is 0 Å². The number of halogens is 1. The highest BCUT2D eigenvalue weighted by Crippen LogP contribution is 2.34. The summed E-state index contributed by atoms with van der Waals surface area (Å²) in [7, 11) is 0. The first-order valence-electron chi connectivity index (χ1n) is 6.36. The first-order valence-corrected chi connectivity index (χ1v) is 7.15. The van der Waals surface area contributed by atoms with Gasteiger partial charge in [0.25, 0.3) is 0 Å². The lowest BCUT2D eigenvalue weighted by molar-refractivity contribution is -0.386. The molecule has 0 aromatic heterocycles. The van der Waals surface area contributed by atoms with E-state index in [0.717, 1.165) is 0 Å². The predicted octanol–water partition coefficient (Wildman–Crippen LogP) is 2.58. The first-order chi connectivity index (χ1) is 9.81. The number of likely N-dealkylation sites (N-methyl/N-ethyl adjacent to an activating group) is 1. The number of benzene rings is 1. The molecule has 1 aromatic rings. The van der Waals surface area contributed by atoms with E-state index in [1.54, 1.807) is 19.9 Å². The van der Waals surface area contributed by atoms with Gasteiger partial charge < -0.3 is 15.2 Å². The summed E-state index contributed by atoms with van der Waals surface area (Å²) in [4.78, 5) is 21.7. The summed E-state index contributed by atoms with van der Waals surface area (Å²) in [6.07, 6.45) is 0.175. The second kappa shape index (κ2) is 7.37. The third-order valence-corrected chi connectivity index (χ3v) is 3.65. The van der Waals surface area contributed by atoms with Gasteiger partial charge in [-0.05, 0) is 35.5 Å². The smallest absolute Gasteiger partial charge is 0.323 e. The molecule has 1 atom stereocenters. The molecule has 8 heteroatoms. The van der Waals surface area contributed by atoms with Crippen LogP contribution in [0.15, 0.2) is 22.7 Å². The summed E-state index contributed by atoms with van der Waals surface area (Å²) in [5, 5.41) is 23.0. The molecule has 0 bridgehead atoms. The Morgan fingerprint density at radius 2 is 2.24 bits per heavy atom. The molecule has 0 aliphatic rings. The Morgan fingerprint density at radius 3 is 2.76 bits per heavy atom. The van der Waals surface area contributed by atoms with Gasteiger partial charge in [0.15, 0.2) is 0 Å². The Morgan fingerprint density at radius 1 is 1.57 bits per heavy atom. The predicted molar refractivity (Wildman–Crippen MR) is 80.6 cm³/mol. The van der Waals surface area contributed by atoms with Crippen LogP contribution in [-0.2, 0) is 4.79 Å². The molecule has 1 rings (SSSR count). The third-order valence-electron chi connectivity index (χ3n) is 3.03. The molecule has 7 nitrogen and oxygen atoms in total. The number of hydrogen-bond acceptors (Lipinski definition) is 5. The topological polar surface area (TPSA) is 102 Å². The zero-order valence-electron chi connectivity index (χ0n) is 11.8. The number of carboxylic acids is 1. The number of nitrogens with zero attached hydrogens (tertiary/aromatic N) is 1. The fraction of sp³-hybridized carbons (Fsp3) is 0.462. The van der Waals surface area contributed by atoms with Crippen LogP contribution in [0.2, 0.25) is 0 Å². The maximum Gasteiger partial charge on any atom is 0.323 e. The van der Waals surface area contributed by atoms with E-state index in [0.29, 0.717) is 11.0 Å². The molecule has 0 aliphatic carbocycles. The number of ether oxygens (including phenoxy) is 1. The van der Waals surface area contributed by atoms with E-state index in [9.17, 15) is 20.0 Å². The molecular formula is C13H17BrN2O5. The lowest BCUT2D eigenvalue weighted by Gasteiger charge is -2.25. The molecule has 0 spiro atoms. The Hall–Kier alpha value is -1.67. The van der Waals surface area contributed by atoms with E-state index in [2.05, 4.69) is 21.2 Å². The molecule has 0 radical (unpaired) electrons. The zero-order chi connectivity index (χ0) is 16.0. The van der Waals surface area contributed by atoms with E-state index in [-0.39, 0.29) is 24.5 Å². The number of nitro groups is 1. The van der Waals surface area contributed by atoms with Gasteiger partial charge in [-0.3, -0.25) is 14.9 Å². The molecule has 21 heavy (non-hydrogen) atoms. The van der Waals surface area contributed by atoms with Gasteiger partial charge >= 0.3 is 11.7 Å². The number of para-hydroxylation sites is 1. The second-order valence-electron chi connectivity index (χ2n) is 4.61. The van der Waals surface area contributed by atoms with Gasteiger partial charge in [0, 0.05) is 12.5 Å². The normalized spacial score (nSPS) is 13.5. The molecule has 0 fully saturated rings. The van der Waals surface area contributed by atoms with Crippen molar-refractivity contribution in [1.82, 2.24) is 5.32 Å². The van der Waals surface area contributed by atoms with Gasteiger partial charge in [0.2, 0.25) is 5.75 Å². The molecule has 1 unspecified atom stereocenters. The van der Waals surface area contributed by atoms with Crippen LogP contribution in [0.3, 0.4) is 0 Å². The van der Waals surface area contributed by atoms with Crippen molar-refractivity contribution in [2.45, 2.75) is 25.8 Å². The van der Waals surface area contributed by atoms with Gasteiger partial charge in [0.05, 0.1) is 16.0 Å². The summed E-state index contributed by atoms with van der Waals surface area (Å²) in [5.41, 5.74) is -1.30. The van der Waals surface area contributed by atoms with Gasteiger partial charge in [-0.2, -0.15) is 0 Å². The number of nitrogens with one attached hydrogen (secondary N) is 1. The van der Waals surface area contributed by atoms with Crippen molar-refractivity contribution in [3.63, 3.8) is 0 Å². The van der Waals surface area contributed by atoms with E-state index in [1.807, 2.05) is 0 Å². The second-order valence-corrected chi connectivity index (χ2v) is 5.47. The molecule has 2 N–H and O–H groups in total. The Bertz CT molecular complexity index is 537. The molecule has 0 aliphatic heterocycles. The maximum absolute atomic E-state index is 11.3. The highest BCUT2D eigenvalue weighted by Gasteiger charge is 2.32. The van der Waals surface area contributed by atoms with Crippen LogP contribution in [0.5, 0.6) is 5.75 Å². The maximum atomic E-state index is 11.3. The van der Waals surface area contributed by atoms with E-state index < -0.39 is 16.4 Å². The van der Waals surface area contributed by atoms with Crippen LogP contribution in [0.25, 0.3) is 0 Å². The van der Waals surface area contributed by atoms with Gasteiger partial charge in [-0.1, -0.05) is 13.0 Å². The minimum absolute atomic E-state index is 0.0409. The average molecular weight is 361 g/mol. The SMILES string of the molecule is CCNC(C)(CCOc1c(Br)cccc1[N+](=O)[O-])C(=O)O. The summed E-state index contributed by atoms with van der Waals surface area (Å²) in [6.45, 7) is 3.90. The standard InChI is InChI=1S/C13H17BrN2O5/c1-3-15-13(2,12(17)18)7-8-21-11-9(14)5-4-6-10(11)16(19)20/h4-6,15H,3,7-8H2,1-2H3,(H,17,18). The van der Waals surface area contributed by atoms with Crippen LogP contribution in [0, 0.1) is 10.1 Å². The van der Waals surface area contributed by atoms with Crippen molar-refractivity contribution in [3.05, 3.63) is 32.8 Å². The Balaban J connectivity index is 2.80. The highest BCUT2D eigenvalue weighted by molar-refractivity contribution is 9.10. The molecule has 0 saturated heterocycles. The van der Waals surface area contributed by atoms with Gasteiger partial charge in [0.1, 0.15) is 5.54 Å². The van der Waals surface area contributed by atoms with Gasteiger partial charge in [-0.25, -0.2) is 0 Å². The lowest BCUT2D eigenvalue weighted by atomic mass is 9.98. The number of nitro benzene ring substituents is 1. The zero-order valence-corrected chi connectivity index (χ0v) is 13.3. The fourth-order valence-electron chi connectivity index (χ4n) is 1.80. The first kappa shape index (κ1) is 17.4. The van der Waals surface area contributed by atoms with E-state index in [1.165, 1.54) is 12.1 Å². The van der Waals surface area contributed by atoms with Crippen LogP contribution in [-0.4, -0.2) is 34.7 Å². The van der Waals surface area contributed by atoms with Crippen LogP contribution >= 0.6 is 15.9 Å². The largest absolute Gasteiger partial charge is 0.486 e. The Kier molecular flexibility index (Phi) is 6.10. The molecule has 116 valence electrons. The fourth-order valence-corrected chi connectivity index (χ4v) is 2.27. The number of aliphatic carboxylic acids is 1. The number of rotatable bonds is 8. The van der Waals surface area contributed by atoms with E-state index in [4.69, 9.17) is 4.74 Å². The molecule has 0 amide bonds. The van der Waals surface area contributed by atoms with Crippen molar-refractivity contribution < 1.29 is 19.6 Å². The minimum Gasteiger partial charge on any atom is -0.486 e. The average Bonchev–Trinajstić information content (AvgIpc) is 2.40. The van der Waals surface area contributed by atoms with Crippen LogP contribution in [0.4, 0.5) is 5.69 Å². The minimum atomic E-state index is -1.13. The number of carbonyl (C=O) groups is 1.